The maximum absolute atomic E-state index is 12.1. The van der Waals surface area contributed by atoms with Crippen molar-refractivity contribution in [2.45, 2.75) is 13.8 Å². The summed E-state index contributed by atoms with van der Waals surface area (Å²) in [6.45, 7) is 3.92. The SMILES string of the molecule is COc1cccc(Nc2c(C(N)=O)cnc3c2c(C)nn3-c2ccc(C)cc2)c1. The Morgan fingerprint density at radius 2 is 1.90 bits per heavy atom. The fourth-order valence-corrected chi connectivity index (χ4v) is 3.28. The highest BCUT2D eigenvalue weighted by Gasteiger charge is 2.20. The van der Waals surface area contributed by atoms with Gasteiger partial charge in [0.1, 0.15) is 5.75 Å². The second-order valence-corrected chi connectivity index (χ2v) is 6.80. The van der Waals surface area contributed by atoms with E-state index >= 15 is 0 Å². The van der Waals surface area contributed by atoms with E-state index in [-0.39, 0.29) is 0 Å². The van der Waals surface area contributed by atoms with Gasteiger partial charge < -0.3 is 15.8 Å². The molecule has 7 heteroatoms. The number of nitrogens with one attached hydrogen (secondary N) is 1. The monoisotopic (exact) mass is 387 g/mol. The molecule has 0 fully saturated rings. The van der Waals surface area contributed by atoms with Crippen molar-refractivity contribution in [1.82, 2.24) is 14.8 Å². The standard InChI is InChI=1S/C22H21N5O2/c1-13-7-9-16(10-8-13)27-22-19(14(2)26-27)20(18(12-24-22)21(23)28)25-15-5-4-6-17(11-15)29-3/h4-12H,1-3H3,(H2,23,28)(H,24,25). The average molecular weight is 387 g/mol. The van der Waals surface area contributed by atoms with E-state index in [9.17, 15) is 4.79 Å². The number of pyridine rings is 1. The number of nitrogens with zero attached hydrogens (tertiary/aromatic N) is 3. The van der Waals surface area contributed by atoms with E-state index in [0.29, 0.717) is 22.6 Å². The van der Waals surface area contributed by atoms with Crippen molar-refractivity contribution < 1.29 is 9.53 Å². The van der Waals surface area contributed by atoms with Gasteiger partial charge >= 0.3 is 0 Å². The molecule has 0 aliphatic rings. The summed E-state index contributed by atoms with van der Waals surface area (Å²) < 4.78 is 7.06. The Kier molecular flexibility index (Phi) is 4.64. The molecule has 0 saturated heterocycles. The zero-order valence-electron chi connectivity index (χ0n) is 16.4. The molecular formula is C22H21N5O2. The topological polar surface area (TPSA) is 95.1 Å². The minimum Gasteiger partial charge on any atom is -0.497 e. The zero-order valence-corrected chi connectivity index (χ0v) is 16.4. The zero-order chi connectivity index (χ0) is 20.5. The first-order chi connectivity index (χ1) is 14.0. The van der Waals surface area contributed by atoms with Crippen molar-refractivity contribution in [3.63, 3.8) is 0 Å². The first-order valence-corrected chi connectivity index (χ1v) is 9.14. The molecule has 0 aliphatic heterocycles. The van der Waals surface area contributed by atoms with Crippen LogP contribution in [-0.2, 0) is 0 Å². The van der Waals surface area contributed by atoms with Crippen molar-refractivity contribution in [2.24, 2.45) is 5.73 Å². The van der Waals surface area contributed by atoms with Gasteiger partial charge in [-0.15, -0.1) is 0 Å². The predicted octanol–water partition coefficient (Wildman–Crippen LogP) is 3.89. The number of hydrogen-bond acceptors (Lipinski definition) is 5. The molecule has 146 valence electrons. The van der Waals surface area contributed by atoms with Gasteiger partial charge in [-0.1, -0.05) is 23.8 Å². The summed E-state index contributed by atoms with van der Waals surface area (Å²) in [6, 6.07) is 15.5. The summed E-state index contributed by atoms with van der Waals surface area (Å²) in [6.07, 6.45) is 1.49. The van der Waals surface area contributed by atoms with E-state index in [1.54, 1.807) is 11.8 Å². The Balaban J connectivity index is 1.92. The van der Waals surface area contributed by atoms with Gasteiger partial charge in [0.2, 0.25) is 0 Å². The number of rotatable bonds is 5. The van der Waals surface area contributed by atoms with Crippen LogP contribution in [0.25, 0.3) is 16.7 Å². The summed E-state index contributed by atoms with van der Waals surface area (Å²) in [4.78, 5) is 16.6. The number of amides is 1. The Bertz CT molecular complexity index is 1210. The maximum Gasteiger partial charge on any atom is 0.252 e. The Morgan fingerprint density at radius 1 is 1.14 bits per heavy atom. The lowest BCUT2D eigenvalue weighted by molar-refractivity contribution is 0.100. The van der Waals surface area contributed by atoms with Crippen molar-refractivity contribution in [2.75, 3.05) is 12.4 Å². The van der Waals surface area contributed by atoms with Crippen LogP contribution in [0.4, 0.5) is 11.4 Å². The number of anilines is 2. The first kappa shape index (κ1) is 18.5. The molecule has 0 atom stereocenters. The van der Waals surface area contributed by atoms with Gasteiger partial charge in [0.15, 0.2) is 5.65 Å². The lowest BCUT2D eigenvalue weighted by Crippen LogP contribution is -2.14. The molecule has 4 rings (SSSR count). The van der Waals surface area contributed by atoms with Gasteiger partial charge in [-0.25, -0.2) is 9.67 Å². The van der Waals surface area contributed by atoms with Crippen LogP contribution in [0.2, 0.25) is 0 Å². The highest BCUT2D eigenvalue weighted by molar-refractivity contribution is 6.07. The first-order valence-electron chi connectivity index (χ1n) is 9.14. The fourth-order valence-electron chi connectivity index (χ4n) is 3.28. The molecule has 3 N–H and O–H groups in total. The number of fused-ring (bicyclic) bond motifs is 1. The molecule has 4 aromatic rings. The molecular weight excluding hydrogens is 366 g/mol. The summed E-state index contributed by atoms with van der Waals surface area (Å²) in [5, 5.41) is 8.72. The molecule has 29 heavy (non-hydrogen) atoms. The highest BCUT2D eigenvalue weighted by Crippen LogP contribution is 2.33. The van der Waals surface area contributed by atoms with Crippen LogP contribution in [0, 0.1) is 13.8 Å². The molecule has 0 spiro atoms. The number of nitrogens with two attached hydrogens (primary N) is 1. The molecule has 0 aliphatic carbocycles. The van der Waals surface area contributed by atoms with Crippen LogP contribution in [0.1, 0.15) is 21.6 Å². The van der Waals surface area contributed by atoms with Crippen LogP contribution < -0.4 is 15.8 Å². The lowest BCUT2D eigenvalue weighted by atomic mass is 10.1. The molecule has 1 amide bonds. The van der Waals surface area contributed by atoms with E-state index in [1.165, 1.54) is 6.20 Å². The number of benzene rings is 2. The summed E-state index contributed by atoms with van der Waals surface area (Å²) in [5.74, 6) is 0.139. The Morgan fingerprint density at radius 3 is 2.59 bits per heavy atom. The minimum absolute atomic E-state index is 0.298. The number of aryl methyl sites for hydroxylation is 2. The number of ether oxygens (including phenoxy) is 1. The summed E-state index contributed by atoms with van der Waals surface area (Å²) in [7, 11) is 1.61. The van der Waals surface area contributed by atoms with Gasteiger partial charge in [-0.3, -0.25) is 4.79 Å². The maximum atomic E-state index is 12.1. The quantitative estimate of drug-likeness (QED) is 0.542. The average Bonchev–Trinajstić information content (AvgIpc) is 3.06. The van der Waals surface area contributed by atoms with Crippen molar-refractivity contribution >= 4 is 28.3 Å². The molecule has 0 saturated carbocycles. The van der Waals surface area contributed by atoms with E-state index in [1.807, 2.05) is 62.4 Å². The molecule has 2 aromatic heterocycles. The third-order valence-electron chi connectivity index (χ3n) is 4.75. The largest absolute Gasteiger partial charge is 0.497 e. The van der Waals surface area contributed by atoms with Gasteiger partial charge in [0.05, 0.1) is 35.1 Å². The van der Waals surface area contributed by atoms with Crippen LogP contribution >= 0.6 is 0 Å². The van der Waals surface area contributed by atoms with Crippen LogP contribution in [-0.4, -0.2) is 27.8 Å². The van der Waals surface area contributed by atoms with Crippen LogP contribution in [0.5, 0.6) is 5.75 Å². The number of methoxy groups -OCH3 is 1. The van der Waals surface area contributed by atoms with Gasteiger partial charge in [-0.05, 0) is 38.1 Å². The normalized spacial score (nSPS) is 10.9. The van der Waals surface area contributed by atoms with Crippen molar-refractivity contribution in [3.8, 4) is 11.4 Å². The lowest BCUT2D eigenvalue weighted by Gasteiger charge is -2.13. The number of aromatic nitrogens is 3. The second kappa shape index (κ2) is 7.27. The third-order valence-corrected chi connectivity index (χ3v) is 4.75. The van der Waals surface area contributed by atoms with Gasteiger partial charge in [0, 0.05) is 18.0 Å². The van der Waals surface area contributed by atoms with E-state index < -0.39 is 5.91 Å². The molecule has 0 radical (unpaired) electrons. The number of hydrogen-bond donors (Lipinski definition) is 2. The highest BCUT2D eigenvalue weighted by atomic mass is 16.5. The number of primary amides is 1. The van der Waals surface area contributed by atoms with Crippen molar-refractivity contribution in [3.05, 3.63) is 71.5 Å². The second-order valence-electron chi connectivity index (χ2n) is 6.80. The summed E-state index contributed by atoms with van der Waals surface area (Å²) in [5.41, 5.74) is 10.7. The third kappa shape index (κ3) is 3.38. The Labute approximate surface area is 168 Å². The van der Waals surface area contributed by atoms with Crippen LogP contribution in [0.3, 0.4) is 0 Å². The number of carbonyl (C=O) groups is 1. The predicted molar refractivity (Wildman–Crippen MR) is 113 cm³/mol. The van der Waals surface area contributed by atoms with Crippen molar-refractivity contribution in [1.29, 1.82) is 0 Å². The van der Waals surface area contributed by atoms with E-state index in [2.05, 4.69) is 15.4 Å². The molecule has 2 heterocycles. The molecule has 0 bridgehead atoms. The van der Waals surface area contributed by atoms with Gasteiger partial charge in [-0.2, -0.15) is 5.10 Å². The van der Waals surface area contributed by atoms with E-state index in [4.69, 9.17) is 10.5 Å². The molecule has 0 unspecified atom stereocenters. The minimum atomic E-state index is -0.563. The van der Waals surface area contributed by atoms with E-state index in [0.717, 1.165) is 28.0 Å². The Hall–Kier alpha value is -3.87. The fraction of sp³-hybridized carbons (Fsp3) is 0.136. The van der Waals surface area contributed by atoms with Crippen LogP contribution in [0.15, 0.2) is 54.7 Å². The molecule has 2 aromatic carbocycles. The van der Waals surface area contributed by atoms with Gasteiger partial charge in [0.25, 0.3) is 5.91 Å². The smallest absolute Gasteiger partial charge is 0.252 e. The summed E-state index contributed by atoms with van der Waals surface area (Å²) >= 11 is 0. The molecule has 7 nitrogen and oxygen atoms in total. The number of carbonyl (C=O) groups excluding carboxylic acids is 1.